The van der Waals surface area contributed by atoms with Crippen molar-refractivity contribution in [1.29, 1.82) is 0 Å². The summed E-state index contributed by atoms with van der Waals surface area (Å²) in [4.78, 5) is 25.3. The number of aliphatic hydroxyl groups is 2. The molecule has 5 heteroatoms. The molecule has 0 saturated heterocycles. The van der Waals surface area contributed by atoms with Gasteiger partial charge in [0.15, 0.2) is 5.78 Å². The minimum absolute atomic E-state index is 0.0416. The fourth-order valence-corrected chi connectivity index (χ4v) is 11.4. The van der Waals surface area contributed by atoms with Gasteiger partial charge in [-0.15, -0.1) is 0 Å². The molecular formula is C37H45O4P. The zero-order valence-corrected chi connectivity index (χ0v) is 25.9. The van der Waals surface area contributed by atoms with Crippen molar-refractivity contribution in [3.63, 3.8) is 0 Å². The summed E-state index contributed by atoms with van der Waals surface area (Å²) in [6.45, 7) is 0.631. The number of Topliss-reactive ketones (excluding diaryl/α,β-unsaturated/α-hetero) is 2. The topological polar surface area (TPSA) is 74.6 Å². The molecule has 0 fully saturated rings. The molecule has 3 aromatic rings. The first-order valence-electron chi connectivity index (χ1n) is 15.4. The van der Waals surface area contributed by atoms with Crippen LogP contribution >= 0.6 is 7.26 Å². The van der Waals surface area contributed by atoms with Gasteiger partial charge in [-0.1, -0.05) is 0 Å². The van der Waals surface area contributed by atoms with Gasteiger partial charge in [-0.2, -0.15) is 0 Å². The number of unbranched alkanes of at least 4 members (excludes halogenated alkanes) is 7. The number of ketones is 2. The van der Waals surface area contributed by atoms with Gasteiger partial charge >= 0.3 is 195 Å². The maximum absolute atomic E-state index is 12.8. The molecule has 0 aromatic heterocycles. The number of carbonyl (C=O) groups excluding carboxylic acids is 2. The Labute approximate surface area is 251 Å². The predicted octanol–water partition coefficient (Wildman–Crippen LogP) is 5.97. The van der Waals surface area contributed by atoms with E-state index < -0.39 is 20.5 Å². The van der Waals surface area contributed by atoms with Crippen molar-refractivity contribution in [3.8, 4) is 0 Å². The van der Waals surface area contributed by atoms with Gasteiger partial charge in [0.25, 0.3) is 0 Å². The van der Waals surface area contributed by atoms with Crippen molar-refractivity contribution in [2.45, 2.75) is 64.7 Å². The average molecular weight is 585 g/mol. The smallest absolute Gasteiger partial charge is 0.392 e. The Balaban J connectivity index is 1.27. The number of carbonyl (C=O) groups is 2. The summed E-state index contributed by atoms with van der Waals surface area (Å²) in [6.07, 6.45) is 10.7. The molecule has 1 aliphatic carbocycles. The minimum Gasteiger partial charge on any atom is -0.392 e. The second kappa shape index (κ2) is 15.9. The van der Waals surface area contributed by atoms with E-state index in [0.29, 0.717) is 17.6 Å². The second-order valence-electron chi connectivity index (χ2n) is 11.4. The molecule has 0 heterocycles. The van der Waals surface area contributed by atoms with Crippen molar-refractivity contribution in [3.05, 3.63) is 113 Å². The fraction of sp³-hybridized carbons (Fsp3) is 0.351. The third-order valence-corrected chi connectivity index (χ3v) is 13.9. The number of rotatable bonds is 16. The van der Waals surface area contributed by atoms with Crippen LogP contribution in [0.15, 0.2) is 113 Å². The van der Waals surface area contributed by atoms with Crippen LogP contribution in [-0.2, 0) is 9.59 Å². The van der Waals surface area contributed by atoms with Crippen LogP contribution in [0, 0.1) is 0 Å². The number of hydrogen-bond donors (Lipinski definition) is 2. The van der Waals surface area contributed by atoms with E-state index in [9.17, 15) is 19.8 Å². The molecule has 0 bridgehead atoms. The SMILES string of the molecule is CC1=C(CCCCCCCCCC[PH](c2ccccc2)(c2ccccc2)c2ccccc2)C(=O)C(CO)=C(CO)C1=O. The van der Waals surface area contributed by atoms with Crippen LogP contribution in [-0.4, -0.2) is 41.2 Å². The Morgan fingerprint density at radius 2 is 0.881 bits per heavy atom. The molecule has 222 valence electrons. The standard InChI is InChI=1S/C37H45O4P/c1-29-33(37(41)35(28-39)34(27-38)36(29)40)25-17-6-4-2-3-5-7-18-26-42(30-19-11-8-12-20-30,31-21-13-9-14-22-31)32-23-15-10-16-24-32/h8-16,19-24,38-39,42H,2-7,17-18,25-28H2,1H3. The molecule has 0 spiro atoms. The van der Waals surface area contributed by atoms with E-state index in [2.05, 4.69) is 91.0 Å². The summed E-state index contributed by atoms with van der Waals surface area (Å²) < 4.78 is 0. The average Bonchev–Trinajstić information content (AvgIpc) is 3.04. The first-order chi connectivity index (χ1) is 20.5. The first kappa shape index (κ1) is 31.8. The molecule has 0 radical (unpaired) electrons. The molecule has 0 aliphatic heterocycles. The van der Waals surface area contributed by atoms with Crippen LogP contribution in [0.4, 0.5) is 0 Å². The molecule has 0 amide bonds. The third-order valence-electron chi connectivity index (χ3n) is 8.82. The van der Waals surface area contributed by atoms with Crippen molar-refractivity contribution in [2.24, 2.45) is 0 Å². The second-order valence-corrected chi connectivity index (χ2v) is 15.4. The van der Waals surface area contributed by atoms with E-state index in [-0.39, 0.29) is 22.7 Å². The first-order valence-corrected chi connectivity index (χ1v) is 17.6. The van der Waals surface area contributed by atoms with Gasteiger partial charge in [0.2, 0.25) is 0 Å². The molecular weight excluding hydrogens is 539 g/mol. The van der Waals surface area contributed by atoms with Crippen LogP contribution in [0.3, 0.4) is 0 Å². The van der Waals surface area contributed by atoms with Gasteiger partial charge in [0.1, 0.15) is 0 Å². The van der Waals surface area contributed by atoms with Gasteiger partial charge in [-0.25, -0.2) is 0 Å². The Morgan fingerprint density at radius 1 is 0.500 bits per heavy atom. The van der Waals surface area contributed by atoms with E-state index in [1.165, 1.54) is 54.2 Å². The molecule has 3 aromatic carbocycles. The summed E-state index contributed by atoms with van der Waals surface area (Å²) in [5, 5.41) is 23.5. The van der Waals surface area contributed by atoms with Crippen LogP contribution in [0.25, 0.3) is 0 Å². The van der Waals surface area contributed by atoms with Gasteiger partial charge < -0.3 is 10.2 Å². The summed E-state index contributed by atoms with van der Waals surface area (Å²) >= 11 is 0. The predicted molar refractivity (Wildman–Crippen MR) is 177 cm³/mol. The molecule has 2 N–H and O–H groups in total. The summed E-state index contributed by atoms with van der Waals surface area (Å²) in [7, 11) is -2.15. The Hall–Kier alpha value is -3.17. The maximum atomic E-state index is 12.8. The molecule has 1 aliphatic rings. The van der Waals surface area contributed by atoms with E-state index >= 15 is 0 Å². The number of benzene rings is 3. The quantitative estimate of drug-likeness (QED) is 0.124. The van der Waals surface area contributed by atoms with E-state index in [1.807, 2.05) is 0 Å². The van der Waals surface area contributed by atoms with E-state index in [1.54, 1.807) is 6.92 Å². The van der Waals surface area contributed by atoms with Gasteiger partial charge in [-0.3, -0.25) is 9.59 Å². The fourth-order valence-electron chi connectivity index (χ4n) is 6.48. The Morgan fingerprint density at radius 3 is 1.31 bits per heavy atom. The van der Waals surface area contributed by atoms with Gasteiger partial charge in [0, 0.05) is 11.1 Å². The van der Waals surface area contributed by atoms with Crippen molar-refractivity contribution in [2.75, 3.05) is 19.4 Å². The summed E-state index contributed by atoms with van der Waals surface area (Å²) in [6, 6.07) is 33.4. The Kier molecular flexibility index (Phi) is 12.0. The van der Waals surface area contributed by atoms with E-state index in [0.717, 1.165) is 19.3 Å². The number of hydrogen-bond acceptors (Lipinski definition) is 4. The zero-order valence-electron chi connectivity index (χ0n) is 24.9. The van der Waals surface area contributed by atoms with Gasteiger partial charge in [-0.05, 0) is 6.92 Å². The molecule has 4 rings (SSSR count). The summed E-state index contributed by atoms with van der Waals surface area (Å²) in [5.74, 6) is -0.588. The number of allylic oxidation sites excluding steroid dienone is 2. The molecule has 0 saturated carbocycles. The van der Waals surface area contributed by atoms with Crippen LogP contribution < -0.4 is 15.9 Å². The number of aliphatic hydroxyl groups excluding tert-OH is 2. The van der Waals surface area contributed by atoms with Crippen LogP contribution in [0.5, 0.6) is 0 Å². The molecule has 42 heavy (non-hydrogen) atoms. The monoisotopic (exact) mass is 584 g/mol. The van der Waals surface area contributed by atoms with Crippen molar-refractivity contribution < 1.29 is 19.8 Å². The molecule has 0 unspecified atom stereocenters. The Bertz CT molecular complexity index is 1280. The minimum atomic E-state index is -2.15. The van der Waals surface area contributed by atoms with E-state index in [4.69, 9.17) is 0 Å². The van der Waals surface area contributed by atoms with Crippen molar-refractivity contribution in [1.82, 2.24) is 0 Å². The normalized spacial score (nSPS) is 14.5. The zero-order chi connectivity index (χ0) is 29.8. The molecule has 0 atom stereocenters. The third kappa shape index (κ3) is 7.24. The van der Waals surface area contributed by atoms with Crippen LogP contribution in [0.2, 0.25) is 0 Å². The van der Waals surface area contributed by atoms with Crippen LogP contribution in [0.1, 0.15) is 64.7 Å². The van der Waals surface area contributed by atoms with Crippen molar-refractivity contribution >= 4 is 34.7 Å². The van der Waals surface area contributed by atoms with Gasteiger partial charge in [0.05, 0.1) is 13.2 Å². The molecule has 4 nitrogen and oxygen atoms in total. The summed E-state index contributed by atoms with van der Waals surface area (Å²) in [5.41, 5.74) is 1.02.